The fourth-order valence-electron chi connectivity index (χ4n) is 1.54. The van der Waals surface area contributed by atoms with Gasteiger partial charge in [-0.3, -0.25) is 0 Å². The van der Waals surface area contributed by atoms with E-state index in [0.29, 0.717) is 12.1 Å². The zero-order valence-electron chi connectivity index (χ0n) is 9.74. The number of nitrogens with one attached hydrogen (secondary N) is 1. The number of ether oxygens (including phenoxy) is 1. The van der Waals surface area contributed by atoms with E-state index in [1.165, 1.54) is 14.0 Å². The lowest BCUT2D eigenvalue weighted by Crippen LogP contribution is -2.35. The summed E-state index contributed by atoms with van der Waals surface area (Å²) in [6.07, 6.45) is -4.79. The first kappa shape index (κ1) is 14.7. The third-order valence-corrected chi connectivity index (χ3v) is 2.31. The Morgan fingerprint density at radius 2 is 1.72 bits per heavy atom. The van der Waals surface area contributed by atoms with Gasteiger partial charge in [0.05, 0.1) is 7.11 Å². The summed E-state index contributed by atoms with van der Waals surface area (Å²) in [6.45, 7) is 1.34. The summed E-state index contributed by atoms with van der Waals surface area (Å²) in [5.41, 5.74) is -1.05. The SMILES string of the molecule is CCNC(c1c(F)cc(OC)cc1F)C(F)(F)F. The van der Waals surface area contributed by atoms with E-state index in [-0.39, 0.29) is 12.3 Å². The summed E-state index contributed by atoms with van der Waals surface area (Å²) >= 11 is 0. The highest BCUT2D eigenvalue weighted by Gasteiger charge is 2.43. The molecule has 0 heterocycles. The highest BCUT2D eigenvalue weighted by molar-refractivity contribution is 5.33. The van der Waals surface area contributed by atoms with Gasteiger partial charge in [-0.2, -0.15) is 13.2 Å². The van der Waals surface area contributed by atoms with Crippen molar-refractivity contribution >= 4 is 0 Å². The second-order valence-electron chi connectivity index (χ2n) is 3.54. The van der Waals surface area contributed by atoms with Gasteiger partial charge in [0.2, 0.25) is 0 Å². The molecule has 1 N–H and O–H groups in total. The van der Waals surface area contributed by atoms with Gasteiger partial charge < -0.3 is 10.1 Å². The van der Waals surface area contributed by atoms with Crippen LogP contribution in [0.5, 0.6) is 5.75 Å². The second kappa shape index (κ2) is 5.51. The van der Waals surface area contributed by atoms with Crippen LogP contribution in [0, 0.1) is 11.6 Å². The second-order valence-corrected chi connectivity index (χ2v) is 3.54. The van der Waals surface area contributed by atoms with Gasteiger partial charge in [-0.05, 0) is 6.54 Å². The van der Waals surface area contributed by atoms with E-state index >= 15 is 0 Å². The smallest absolute Gasteiger partial charge is 0.408 e. The molecule has 0 saturated carbocycles. The van der Waals surface area contributed by atoms with Crippen LogP contribution in [-0.4, -0.2) is 19.8 Å². The maximum Gasteiger partial charge on any atom is 0.408 e. The Balaban J connectivity index is 3.28. The first-order valence-electron chi connectivity index (χ1n) is 5.14. The molecule has 102 valence electrons. The van der Waals surface area contributed by atoms with Crippen molar-refractivity contribution in [2.45, 2.75) is 19.1 Å². The molecule has 1 atom stereocenters. The Morgan fingerprint density at radius 1 is 1.22 bits per heavy atom. The molecule has 0 aliphatic heterocycles. The Morgan fingerprint density at radius 3 is 2.06 bits per heavy atom. The average Bonchev–Trinajstić information content (AvgIpc) is 2.25. The van der Waals surface area contributed by atoms with Crippen LogP contribution in [0.4, 0.5) is 22.0 Å². The monoisotopic (exact) mass is 269 g/mol. The first-order chi connectivity index (χ1) is 8.31. The summed E-state index contributed by atoms with van der Waals surface area (Å²) in [6, 6.07) is -0.948. The molecular weight excluding hydrogens is 257 g/mol. The quantitative estimate of drug-likeness (QED) is 0.848. The molecule has 1 aromatic rings. The third-order valence-electron chi connectivity index (χ3n) is 2.31. The van der Waals surface area contributed by atoms with Crippen molar-refractivity contribution in [2.24, 2.45) is 0 Å². The molecule has 0 bridgehead atoms. The van der Waals surface area contributed by atoms with Gasteiger partial charge in [-0.1, -0.05) is 6.92 Å². The maximum atomic E-state index is 13.5. The maximum absolute atomic E-state index is 13.5. The molecule has 1 rings (SSSR count). The Bertz CT molecular complexity index is 395. The van der Waals surface area contributed by atoms with Gasteiger partial charge in [-0.25, -0.2) is 8.78 Å². The van der Waals surface area contributed by atoms with Gasteiger partial charge in [0.1, 0.15) is 23.4 Å². The number of hydrogen-bond donors (Lipinski definition) is 1. The van der Waals surface area contributed by atoms with E-state index in [1.807, 2.05) is 5.32 Å². The number of benzene rings is 1. The van der Waals surface area contributed by atoms with Crippen LogP contribution < -0.4 is 10.1 Å². The van der Waals surface area contributed by atoms with Crippen molar-refractivity contribution in [3.05, 3.63) is 29.3 Å². The number of hydrogen-bond acceptors (Lipinski definition) is 2. The molecule has 18 heavy (non-hydrogen) atoms. The lowest BCUT2D eigenvalue weighted by atomic mass is 10.0. The fraction of sp³-hybridized carbons (Fsp3) is 0.455. The largest absolute Gasteiger partial charge is 0.497 e. The van der Waals surface area contributed by atoms with E-state index in [1.54, 1.807) is 0 Å². The standard InChI is InChI=1S/C11H12F5NO/c1-3-17-10(11(14,15)16)9-7(12)4-6(18-2)5-8(9)13/h4-5,10,17H,3H2,1-2H3. The van der Waals surface area contributed by atoms with Gasteiger partial charge in [0.15, 0.2) is 0 Å². The van der Waals surface area contributed by atoms with Crippen LogP contribution in [0.1, 0.15) is 18.5 Å². The predicted octanol–water partition coefficient (Wildman–Crippen LogP) is 3.19. The topological polar surface area (TPSA) is 21.3 Å². The summed E-state index contributed by atoms with van der Waals surface area (Å²) < 4.78 is 69.8. The van der Waals surface area contributed by atoms with Crippen molar-refractivity contribution in [1.82, 2.24) is 5.32 Å². The molecule has 1 aromatic carbocycles. The van der Waals surface area contributed by atoms with Gasteiger partial charge in [0, 0.05) is 17.7 Å². The molecule has 0 saturated heterocycles. The molecule has 7 heteroatoms. The Kier molecular flexibility index (Phi) is 4.50. The zero-order chi connectivity index (χ0) is 13.9. The van der Waals surface area contributed by atoms with Gasteiger partial charge >= 0.3 is 6.18 Å². The van der Waals surface area contributed by atoms with E-state index in [9.17, 15) is 22.0 Å². The molecule has 0 spiro atoms. The van der Waals surface area contributed by atoms with Gasteiger partial charge in [0.25, 0.3) is 0 Å². The van der Waals surface area contributed by atoms with E-state index in [0.717, 1.165) is 0 Å². The van der Waals surface area contributed by atoms with E-state index in [4.69, 9.17) is 0 Å². The molecular formula is C11H12F5NO. The predicted molar refractivity (Wildman–Crippen MR) is 55.4 cm³/mol. The van der Waals surface area contributed by atoms with Crippen molar-refractivity contribution in [3.8, 4) is 5.75 Å². The van der Waals surface area contributed by atoms with Crippen LogP contribution in [0.2, 0.25) is 0 Å². The Labute approximate surface area is 101 Å². The van der Waals surface area contributed by atoms with Gasteiger partial charge in [-0.15, -0.1) is 0 Å². The van der Waals surface area contributed by atoms with Crippen molar-refractivity contribution in [2.75, 3.05) is 13.7 Å². The Hall–Kier alpha value is -1.37. The van der Waals surface area contributed by atoms with Crippen LogP contribution in [0.25, 0.3) is 0 Å². The number of methoxy groups -OCH3 is 1. The van der Waals surface area contributed by atoms with Crippen molar-refractivity contribution in [3.63, 3.8) is 0 Å². The van der Waals surface area contributed by atoms with E-state index < -0.39 is 29.4 Å². The molecule has 0 radical (unpaired) electrons. The van der Waals surface area contributed by atoms with Crippen LogP contribution >= 0.6 is 0 Å². The normalized spacial score (nSPS) is 13.5. The number of halogens is 5. The molecule has 0 fully saturated rings. The number of rotatable bonds is 4. The van der Waals surface area contributed by atoms with Crippen molar-refractivity contribution < 1.29 is 26.7 Å². The highest BCUT2D eigenvalue weighted by Crippen LogP contribution is 2.36. The highest BCUT2D eigenvalue weighted by atomic mass is 19.4. The molecule has 2 nitrogen and oxygen atoms in total. The number of alkyl halides is 3. The first-order valence-corrected chi connectivity index (χ1v) is 5.14. The summed E-state index contributed by atoms with van der Waals surface area (Å²) in [4.78, 5) is 0. The minimum Gasteiger partial charge on any atom is -0.497 e. The summed E-state index contributed by atoms with van der Waals surface area (Å²) in [5, 5.41) is 2.01. The minimum atomic E-state index is -4.79. The average molecular weight is 269 g/mol. The third kappa shape index (κ3) is 3.10. The fourth-order valence-corrected chi connectivity index (χ4v) is 1.54. The molecule has 0 aliphatic rings. The zero-order valence-corrected chi connectivity index (χ0v) is 9.74. The lowest BCUT2D eigenvalue weighted by molar-refractivity contribution is -0.158. The van der Waals surface area contributed by atoms with E-state index in [2.05, 4.69) is 4.74 Å². The van der Waals surface area contributed by atoms with Crippen LogP contribution in [0.15, 0.2) is 12.1 Å². The van der Waals surface area contributed by atoms with Crippen LogP contribution in [-0.2, 0) is 0 Å². The molecule has 0 aromatic heterocycles. The molecule has 0 amide bonds. The van der Waals surface area contributed by atoms with Crippen molar-refractivity contribution in [1.29, 1.82) is 0 Å². The summed E-state index contributed by atoms with van der Waals surface area (Å²) in [5.74, 6) is -2.77. The summed E-state index contributed by atoms with van der Waals surface area (Å²) in [7, 11) is 1.17. The van der Waals surface area contributed by atoms with Crippen LogP contribution in [0.3, 0.4) is 0 Å². The minimum absolute atomic E-state index is 0.0743. The molecule has 0 aliphatic carbocycles. The molecule has 1 unspecified atom stereocenters. The lowest BCUT2D eigenvalue weighted by Gasteiger charge is -2.22.